The molecular formula is C17H20O4. The molecule has 0 heterocycles. The van der Waals surface area contributed by atoms with Gasteiger partial charge in [-0.1, -0.05) is 25.0 Å². The number of carbonyl (C=O) groups is 2. The van der Waals surface area contributed by atoms with Gasteiger partial charge in [-0.25, -0.2) is 0 Å². The summed E-state index contributed by atoms with van der Waals surface area (Å²) in [6.07, 6.45) is 7.05. The number of ketones is 2. The van der Waals surface area contributed by atoms with Crippen molar-refractivity contribution in [3.8, 4) is 11.5 Å². The number of ether oxygens (including phenoxy) is 1. The number of hydrogen-bond donors (Lipinski definition) is 1. The van der Waals surface area contributed by atoms with Crippen LogP contribution in [0, 0.1) is 5.92 Å². The lowest BCUT2D eigenvalue weighted by molar-refractivity contribution is -0.127. The molecule has 0 aromatic heterocycles. The third-order valence-corrected chi connectivity index (χ3v) is 3.82. The Bertz CT molecular complexity index is 554. The van der Waals surface area contributed by atoms with Gasteiger partial charge in [-0.2, -0.15) is 0 Å². The van der Waals surface area contributed by atoms with Crippen LogP contribution in [-0.4, -0.2) is 23.8 Å². The molecular weight excluding hydrogens is 268 g/mol. The van der Waals surface area contributed by atoms with Gasteiger partial charge in [0.2, 0.25) is 0 Å². The number of rotatable bonds is 6. The number of phenolic OH excluding ortho intramolecular Hbond substituents is 1. The second kappa shape index (κ2) is 7.07. The lowest BCUT2D eigenvalue weighted by Gasteiger charge is -2.05. The molecule has 2 rings (SSSR count). The van der Waals surface area contributed by atoms with Crippen molar-refractivity contribution in [2.45, 2.75) is 32.1 Å². The predicted molar refractivity (Wildman–Crippen MR) is 80.3 cm³/mol. The minimum atomic E-state index is -0.182. The molecule has 1 aliphatic rings. The van der Waals surface area contributed by atoms with Crippen molar-refractivity contribution in [2.24, 2.45) is 5.92 Å². The van der Waals surface area contributed by atoms with E-state index in [1.54, 1.807) is 18.2 Å². The summed E-state index contributed by atoms with van der Waals surface area (Å²) in [6, 6.07) is 4.82. The first-order valence-corrected chi connectivity index (χ1v) is 7.21. The zero-order valence-electron chi connectivity index (χ0n) is 12.2. The first-order chi connectivity index (χ1) is 10.1. The summed E-state index contributed by atoms with van der Waals surface area (Å²) in [5.74, 6) is 0.365. The molecule has 0 unspecified atom stereocenters. The monoisotopic (exact) mass is 288 g/mol. The quantitative estimate of drug-likeness (QED) is 0.645. The Morgan fingerprint density at radius 2 is 2.05 bits per heavy atom. The van der Waals surface area contributed by atoms with Crippen LogP contribution >= 0.6 is 0 Å². The summed E-state index contributed by atoms with van der Waals surface area (Å²) in [6.45, 7) is 0. The molecule has 4 nitrogen and oxygen atoms in total. The number of allylic oxidation sites excluding steroid dienone is 1. The van der Waals surface area contributed by atoms with Crippen LogP contribution in [0.1, 0.15) is 37.7 Å². The Morgan fingerprint density at radius 1 is 1.33 bits per heavy atom. The van der Waals surface area contributed by atoms with E-state index in [2.05, 4.69) is 0 Å². The summed E-state index contributed by atoms with van der Waals surface area (Å²) in [5.41, 5.74) is 0.742. The smallest absolute Gasteiger partial charge is 0.163 e. The Morgan fingerprint density at radius 3 is 2.71 bits per heavy atom. The minimum Gasteiger partial charge on any atom is -0.504 e. The summed E-state index contributed by atoms with van der Waals surface area (Å²) in [4.78, 5) is 23.7. The van der Waals surface area contributed by atoms with Crippen LogP contribution in [0.5, 0.6) is 11.5 Å². The van der Waals surface area contributed by atoms with Crippen molar-refractivity contribution in [3.63, 3.8) is 0 Å². The van der Waals surface area contributed by atoms with Crippen LogP contribution in [0.3, 0.4) is 0 Å². The second-order valence-electron chi connectivity index (χ2n) is 5.36. The molecule has 0 radical (unpaired) electrons. The second-order valence-corrected chi connectivity index (χ2v) is 5.36. The molecule has 0 saturated heterocycles. The average molecular weight is 288 g/mol. The number of carbonyl (C=O) groups excluding carboxylic acids is 2. The minimum absolute atomic E-state index is 0.0175. The van der Waals surface area contributed by atoms with Crippen LogP contribution < -0.4 is 4.74 Å². The predicted octanol–water partition coefficient (Wildman–Crippen LogP) is 3.13. The lowest BCUT2D eigenvalue weighted by Crippen LogP contribution is -2.14. The topological polar surface area (TPSA) is 63.6 Å². The molecule has 1 aromatic rings. The van der Waals surface area contributed by atoms with E-state index in [1.165, 1.54) is 19.3 Å². The highest BCUT2D eigenvalue weighted by atomic mass is 16.5. The van der Waals surface area contributed by atoms with Crippen LogP contribution in [0.2, 0.25) is 0 Å². The zero-order chi connectivity index (χ0) is 15.2. The largest absolute Gasteiger partial charge is 0.504 e. The van der Waals surface area contributed by atoms with Crippen molar-refractivity contribution in [1.82, 2.24) is 0 Å². The summed E-state index contributed by atoms with van der Waals surface area (Å²) >= 11 is 0. The third-order valence-electron chi connectivity index (χ3n) is 3.82. The van der Waals surface area contributed by atoms with Crippen LogP contribution in [0.25, 0.3) is 6.08 Å². The van der Waals surface area contributed by atoms with Gasteiger partial charge in [0, 0.05) is 5.92 Å². The normalized spacial score (nSPS) is 15.5. The van der Waals surface area contributed by atoms with E-state index >= 15 is 0 Å². The maximum Gasteiger partial charge on any atom is 0.163 e. The molecule has 0 spiro atoms. The summed E-state index contributed by atoms with van der Waals surface area (Å²) in [5, 5.41) is 9.49. The van der Waals surface area contributed by atoms with E-state index in [1.807, 2.05) is 0 Å². The van der Waals surface area contributed by atoms with E-state index in [0.717, 1.165) is 31.2 Å². The number of phenols is 1. The highest BCUT2D eigenvalue weighted by Crippen LogP contribution is 2.27. The molecule has 0 amide bonds. The highest BCUT2D eigenvalue weighted by molar-refractivity contribution is 6.06. The molecule has 1 aromatic carbocycles. The van der Waals surface area contributed by atoms with Crippen molar-refractivity contribution >= 4 is 17.6 Å². The van der Waals surface area contributed by atoms with Gasteiger partial charge in [-0.15, -0.1) is 0 Å². The van der Waals surface area contributed by atoms with Gasteiger partial charge >= 0.3 is 0 Å². The SMILES string of the molecule is COc1cc(C=CC(=O)CC(=O)C2CCCC2)ccc1O. The molecule has 1 fully saturated rings. The standard InChI is InChI=1S/C17H20O4/c1-21-17-10-12(7-9-15(17)19)6-8-14(18)11-16(20)13-4-2-3-5-13/h6-10,13,19H,2-5,11H2,1H3. The fraction of sp³-hybridized carbons (Fsp3) is 0.412. The number of hydrogen-bond acceptors (Lipinski definition) is 4. The maximum absolute atomic E-state index is 11.9. The Balaban J connectivity index is 1.93. The maximum atomic E-state index is 11.9. The summed E-state index contributed by atoms with van der Waals surface area (Å²) < 4.78 is 5.00. The molecule has 1 aliphatic carbocycles. The van der Waals surface area contributed by atoms with Crippen molar-refractivity contribution < 1.29 is 19.4 Å². The van der Waals surface area contributed by atoms with Crippen LogP contribution in [0.4, 0.5) is 0 Å². The van der Waals surface area contributed by atoms with Gasteiger partial charge < -0.3 is 9.84 Å². The number of aromatic hydroxyl groups is 1. The van der Waals surface area contributed by atoms with E-state index in [-0.39, 0.29) is 29.7 Å². The molecule has 21 heavy (non-hydrogen) atoms. The first kappa shape index (κ1) is 15.3. The van der Waals surface area contributed by atoms with Gasteiger partial charge in [-0.3, -0.25) is 9.59 Å². The third kappa shape index (κ3) is 4.18. The van der Waals surface area contributed by atoms with Gasteiger partial charge in [0.25, 0.3) is 0 Å². The molecule has 4 heteroatoms. The van der Waals surface area contributed by atoms with Crippen LogP contribution in [0.15, 0.2) is 24.3 Å². The Labute approximate surface area is 124 Å². The van der Waals surface area contributed by atoms with Gasteiger partial charge in [0.05, 0.1) is 13.5 Å². The molecule has 0 bridgehead atoms. The first-order valence-electron chi connectivity index (χ1n) is 7.21. The fourth-order valence-electron chi connectivity index (χ4n) is 2.61. The highest BCUT2D eigenvalue weighted by Gasteiger charge is 2.23. The van der Waals surface area contributed by atoms with Crippen LogP contribution in [-0.2, 0) is 9.59 Å². The average Bonchev–Trinajstić information content (AvgIpc) is 3.00. The molecule has 112 valence electrons. The van der Waals surface area contributed by atoms with E-state index < -0.39 is 0 Å². The van der Waals surface area contributed by atoms with Gasteiger partial charge in [0.1, 0.15) is 5.78 Å². The van der Waals surface area contributed by atoms with Crippen molar-refractivity contribution in [3.05, 3.63) is 29.8 Å². The van der Waals surface area contributed by atoms with E-state index in [0.29, 0.717) is 5.75 Å². The fourth-order valence-corrected chi connectivity index (χ4v) is 2.61. The number of benzene rings is 1. The number of methoxy groups -OCH3 is 1. The molecule has 0 aliphatic heterocycles. The molecule has 1 N–H and O–H groups in total. The Hall–Kier alpha value is -2.10. The molecule has 0 atom stereocenters. The zero-order valence-corrected chi connectivity index (χ0v) is 12.2. The Kier molecular flexibility index (Phi) is 5.14. The molecule has 1 saturated carbocycles. The van der Waals surface area contributed by atoms with Crippen molar-refractivity contribution in [2.75, 3.05) is 7.11 Å². The lowest BCUT2D eigenvalue weighted by atomic mass is 9.98. The van der Waals surface area contributed by atoms with Gasteiger partial charge in [-0.05, 0) is 36.6 Å². The van der Waals surface area contributed by atoms with E-state index in [4.69, 9.17) is 4.74 Å². The number of Topliss-reactive ketones (excluding diaryl/α,β-unsaturated/α-hetero) is 1. The van der Waals surface area contributed by atoms with Gasteiger partial charge in [0.15, 0.2) is 17.3 Å². The van der Waals surface area contributed by atoms with Crippen molar-refractivity contribution in [1.29, 1.82) is 0 Å². The van der Waals surface area contributed by atoms with E-state index in [9.17, 15) is 14.7 Å². The summed E-state index contributed by atoms with van der Waals surface area (Å²) in [7, 11) is 1.47.